The van der Waals surface area contributed by atoms with Crippen LogP contribution in [-0.4, -0.2) is 26.1 Å². The Hall–Kier alpha value is -2.17. The van der Waals surface area contributed by atoms with Gasteiger partial charge in [0.25, 0.3) is 0 Å². The van der Waals surface area contributed by atoms with Gasteiger partial charge in [-0.1, -0.05) is 18.2 Å². The smallest absolute Gasteiger partial charge is 0.358 e. The van der Waals surface area contributed by atoms with Gasteiger partial charge in [-0.2, -0.15) is 9.90 Å². The standard InChI is InChI=1S/C11H11N3O2/c1-7-5-3-4-6-9(7)14-12-8(2)10(13-14)11(15)16/h3-6H,1-2H3,(H,15,16). The van der Waals surface area contributed by atoms with Gasteiger partial charge in [0.05, 0.1) is 11.4 Å². The van der Waals surface area contributed by atoms with Gasteiger partial charge in [0, 0.05) is 0 Å². The molecule has 0 atom stereocenters. The summed E-state index contributed by atoms with van der Waals surface area (Å²) < 4.78 is 0. The first-order chi connectivity index (χ1) is 7.59. The summed E-state index contributed by atoms with van der Waals surface area (Å²) in [6, 6.07) is 7.55. The fraction of sp³-hybridized carbons (Fsp3) is 0.182. The Labute approximate surface area is 92.3 Å². The molecule has 0 spiro atoms. The average molecular weight is 217 g/mol. The fourth-order valence-corrected chi connectivity index (χ4v) is 1.47. The number of hydrogen-bond donors (Lipinski definition) is 1. The zero-order chi connectivity index (χ0) is 11.7. The van der Waals surface area contributed by atoms with Crippen LogP contribution in [-0.2, 0) is 0 Å². The highest BCUT2D eigenvalue weighted by Crippen LogP contribution is 2.12. The largest absolute Gasteiger partial charge is 0.476 e. The highest BCUT2D eigenvalue weighted by molar-refractivity contribution is 5.86. The molecule has 0 bridgehead atoms. The van der Waals surface area contributed by atoms with Crippen molar-refractivity contribution in [1.29, 1.82) is 0 Å². The fourth-order valence-electron chi connectivity index (χ4n) is 1.47. The van der Waals surface area contributed by atoms with Crippen LogP contribution in [0.1, 0.15) is 21.7 Å². The van der Waals surface area contributed by atoms with Crippen LogP contribution in [0.3, 0.4) is 0 Å². The number of aromatic nitrogens is 3. The van der Waals surface area contributed by atoms with Crippen molar-refractivity contribution in [2.75, 3.05) is 0 Å². The van der Waals surface area contributed by atoms with Crippen molar-refractivity contribution < 1.29 is 9.90 Å². The lowest BCUT2D eigenvalue weighted by Gasteiger charge is -2.02. The van der Waals surface area contributed by atoms with Crippen molar-refractivity contribution >= 4 is 5.97 Å². The van der Waals surface area contributed by atoms with Crippen LogP contribution < -0.4 is 0 Å². The second-order valence-electron chi connectivity index (χ2n) is 3.52. The first-order valence-electron chi connectivity index (χ1n) is 4.83. The molecule has 0 amide bonds. The van der Waals surface area contributed by atoms with Crippen LogP contribution in [0.15, 0.2) is 24.3 Å². The van der Waals surface area contributed by atoms with Crippen molar-refractivity contribution in [3.63, 3.8) is 0 Å². The Balaban J connectivity index is 2.54. The molecule has 0 unspecified atom stereocenters. The Morgan fingerprint density at radius 1 is 1.25 bits per heavy atom. The van der Waals surface area contributed by atoms with E-state index < -0.39 is 5.97 Å². The molecular formula is C11H11N3O2. The van der Waals surface area contributed by atoms with E-state index in [1.165, 1.54) is 4.80 Å². The summed E-state index contributed by atoms with van der Waals surface area (Å²) in [6.45, 7) is 3.56. The van der Waals surface area contributed by atoms with Gasteiger partial charge in [0.15, 0.2) is 5.69 Å². The number of para-hydroxylation sites is 1. The molecule has 0 radical (unpaired) electrons. The SMILES string of the molecule is Cc1ccccc1-n1nc(C)c(C(=O)O)n1. The highest BCUT2D eigenvalue weighted by Gasteiger charge is 2.15. The number of carboxylic acid groups (broad SMARTS) is 1. The third-order valence-electron chi connectivity index (χ3n) is 2.32. The minimum Gasteiger partial charge on any atom is -0.476 e. The van der Waals surface area contributed by atoms with E-state index in [4.69, 9.17) is 5.11 Å². The van der Waals surface area contributed by atoms with Crippen molar-refractivity contribution in [3.05, 3.63) is 41.2 Å². The molecule has 1 heterocycles. The molecule has 5 heteroatoms. The van der Waals surface area contributed by atoms with Crippen LogP contribution in [0.5, 0.6) is 0 Å². The first kappa shape index (κ1) is 10.4. The molecule has 16 heavy (non-hydrogen) atoms. The molecule has 0 aliphatic carbocycles. The number of carboxylic acids is 1. The second-order valence-corrected chi connectivity index (χ2v) is 3.52. The first-order valence-corrected chi connectivity index (χ1v) is 4.83. The van der Waals surface area contributed by atoms with Crippen LogP contribution >= 0.6 is 0 Å². The quantitative estimate of drug-likeness (QED) is 0.829. The molecule has 0 aliphatic heterocycles. The third-order valence-corrected chi connectivity index (χ3v) is 2.32. The normalized spacial score (nSPS) is 10.4. The molecule has 1 aromatic carbocycles. The predicted molar refractivity (Wildman–Crippen MR) is 57.8 cm³/mol. The van der Waals surface area contributed by atoms with Crippen molar-refractivity contribution in [3.8, 4) is 5.69 Å². The van der Waals surface area contributed by atoms with Crippen LogP contribution in [0.25, 0.3) is 5.69 Å². The molecule has 0 fully saturated rings. The number of rotatable bonds is 2. The van der Waals surface area contributed by atoms with Gasteiger partial charge < -0.3 is 5.11 Å². The number of benzene rings is 1. The zero-order valence-electron chi connectivity index (χ0n) is 9.01. The molecule has 0 saturated carbocycles. The molecule has 1 aromatic heterocycles. The Bertz CT molecular complexity index is 546. The summed E-state index contributed by atoms with van der Waals surface area (Å²) in [7, 11) is 0. The maximum atomic E-state index is 10.8. The molecule has 0 saturated heterocycles. The Morgan fingerprint density at radius 2 is 1.94 bits per heavy atom. The van der Waals surface area contributed by atoms with Gasteiger partial charge in [-0.3, -0.25) is 0 Å². The predicted octanol–water partition coefficient (Wildman–Crippen LogP) is 1.58. The number of nitrogens with zero attached hydrogens (tertiary/aromatic N) is 3. The molecule has 0 aliphatic rings. The van der Waals surface area contributed by atoms with Gasteiger partial charge in [-0.05, 0) is 25.5 Å². The maximum Gasteiger partial charge on any atom is 0.358 e. The van der Waals surface area contributed by atoms with E-state index in [0.29, 0.717) is 5.69 Å². The summed E-state index contributed by atoms with van der Waals surface area (Å²) >= 11 is 0. The van der Waals surface area contributed by atoms with E-state index in [2.05, 4.69) is 10.2 Å². The van der Waals surface area contributed by atoms with E-state index in [1.807, 2.05) is 31.2 Å². The van der Waals surface area contributed by atoms with Crippen LogP contribution in [0.4, 0.5) is 0 Å². The number of aromatic carboxylic acids is 1. The summed E-state index contributed by atoms with van der Waals surface area (Å²) in [5, 5.41) is 16.9. The summed E-state index contributed by atoms with van der Waals surface area (Å²) in [6.07, 6.45) is 0. The maximum absolute atomic E-state index is 10.8. The van der Waals surface area contributed by atoms with Crippen molar-refractivity contribution in [2.45, 2.75) is 13.8 Å². The third kappa shape index (κ3) is 1.67. The van der Waals surface area contributed by atoms with Gasteiger partial charge in [-0.25, -0.2) is 4.79 Å². The van der Waals surface area contributed by atoms with Gasteiger partial charge in [0.2, 0.25) is 0 Å². The monoisotopic (exact) mass is 217 g/mol. The van der Waals surface area contributed by atoms with E-state index >= 15 is 0 Å². The highest BCUT2D eigenvalue weighted by atomic mass is 16.4. The van der Waals surface area contributed by atoms with E-state index in [0.717, 1.165) is 11.3 Å². The lowest BCUT2D eigenvalue weighted by molar-refractivity contribution is 0.0689. The summed E-state index contributed by atoms with van der Waals surface area (Å²) in [4.78, 5) is 12.2. The Morgan fingerprint density at radius 3 is 2.50 bits per heavy atom. The zero-order valence-corrected chi connectivity index (χ0v) is 9.01. The summed E-state index contributed by atoms with van der Waals surface area (Å²) in [5.41, 5.74) is 2.19. The lowest BCUT2D eigenvalue weighted by atomic mass is 10.2. The van der Waals surface area contributed by atoms with Crippen LogP contribution in [0, 0.1) is 13.8 Å². The van der Waals surface area contributed by atoms with Crippen molar-refractivity contribution in [1.82, 2.24) is 15.0 Å². The number of carbonyl (C=O) groups is 1. The second kappa shape index (κ2) is 3.77. The average Bonchev–Trinajstić information content (AvgIpc) is 2.61. The van der Waals surface area contributed by atoms with E-state index in [-0.39, 0.29) is 5.69 Å². The molecule has 5 nitrogen and oxygen atoms in total. The van der Waals surface area contributed by atoms with Crippen molar-refractivity contribution in [2.24, 2.45) is 0 Å². The van der Waals surface area contributed by atoms with Gasteiger partial charge in [-0.15, -0.1) is 5.10 Å². The molecule has 2 aromatic rings. The molecule has 1 N–H and O–H groups in total. The van der Waals surface area contributed by atoms with Crippen LogP contribution in [0.2, 0.25) is 0 Å². The summed E-state index contributed by atoms with van der Waals surface area (Å²) in [5.74, 6) is -1.06. The van der Waals surface area contributed by atoms with Gasteiger partial charge in [0.1, 0.15) is 0 Å². The van der Waals surface area contributed by atoms with E-state index in [1.54, 1.807) is 6.92 Å². The van der Waals surface area contributed by atoms with Gasteiger partial charge >= 0.3 is 5.97 Å². The topological polar surface area (TPSA) is 68.0 Å². The molecular weight excluding hydrogens is 206 g/mol. The molecule has 2 rings (SSSR count). The minimum atomic E-state index is -1.06. The van der Waals surface area contributed by atoms with E-state index in [9.17, 15) is 4.79 Å². The number of aryl methyl sites for hydroxylation is 2. The Kier molecular flexibility index (Phi) is 2.44. The minimum absolute atomic E-state index is 0.0109. The molecule has 82 valence electrons. The number of hydrogen-bond acceptors (Lipinski definition) is 3. The lowest BCUT2D eigenvalue weighted by Crippen LogP contribution is -2.03.